The van der Waals surface area contributed by atoms with Crippen LogP contribution in [0.25, 0.3) is 11.1 Å². The quantitative estimate of drug-likeness (QED) is 0.686. The van der Waals surface area contributed by atoms with Gasteiger partial charge in [-0.1, -0.05) is 12.1 Å². The highest BCUT2D eigenvalue weighted by molar-refractivity contribution is 6.10. The second kappa shape index (κ2) is 8.40. The highest BCUT2D eigenvalue weighted by atomic mass is 19.1. The zero-order chi connectivity index (χ0) is 21.1. The molecular formula is C21H19F2NO5. The Hall–Kier alpha value is -3.26. The summed E-state index contributed by atoms with van der Waals surface area (Å²) in [7, 11) is 0. The first kappa shape index (κ1) is 20.5. The molecule has 2 aromatic rings. The Morgan fingerprint density at radius 2 is 1.86 bits per heavy atom. The number of halogens is 2. The molecule has 3 N–H and O–H groups in total. The number of nitrogens with one attached hydrogen (secondary N) is 1. The molecule has 29 heavy (non-hydrogen) atoms. The molecule has 1 aliphatic rings. The maximum absolute atomic E-state index is 14.6. The minimum absolute atomic E-state index is 0.000668. The average Bonchev–Trinajstić information content (AvgIpc) is 3.07. The van der Waals surface area contributed by atoms with Gasteiger partial charge in [-0.3, -0.25) is 4.79 Å². The van der Waals surface area contributed by atoms with Crippen molar-refractivity contribution < 1.29 is 33.3 Å². The predicted octanol–water partition coefficient (Wildman–Crippen LogP) is 3.50. The Balaban J connectivity index is 1.91. The van der Waals surface area contributed by atoms with E-state index in [9.17, 15) is 23.5 Å². The Bertz CT molecular complexity index is 979. The largest absolute Gasteiger partial charge is 0.494 e. The van der Waals surface area contributed by atoms with Crippen molar-refractivity contribution in [3.8, 4) is 16.9 Å². The van der Waals surface area contributed by atoms with Crippen LogP contribution in [0.5, 0.6) is 5.75 Å². The summed E-state index contributed by atoms with van der Waals surface area (Å²) in [5, 5.41) is 21.1. The summed E-state index contributed by atoms with van der Waals surface area (Å²) in [6.07, 6.45) is -1.24. The van der Waals surface area contributed by atoms with E-state index in [0.717, 1.165) is 12.1 Å². The van der Waals surface area contributed by atoms with E-state index < -0.39 is 35.3 Å². The molecule has 0 radical (unpaired) electrons. The molecule has 1 amide bonds. The van der Waals surface area contributed by atoms with Crippen molar-refractivity contribution in [1.82, 2.24) is 0 Å². The molecule has 0 saturated heterocycles. The number of carbonyl (C=O) groups excluding carboxylic acids is 1. The number of anilines is 1. The lowest BCUT2D eigenvalue weighted by atomic mass is 10.0. The monoisotopic (exact) mass is 403 g/mol. The van der Waals surface area contributed by atoms with E-state index in [4.69, 9.17) is 9.84 Å². The molecule has 6 nitrogen and oxygen atoms in total. The zero-order valence-electron chi connectivity index (χ0n) is 15.5. The summed E-state index contributed by atoms with van der Waals surface area (Å²) in [4.78, 5) is 23.6. The molecular weight excluding hydrogens is 384 g/mol. The van der Waals surface area contributed by atoms with Crippen LogP contribution in [0.2, 0.25) is 0 Å². The Kier molecular flexibility index (Phi) is 5.93. The first-order chi connectivity index (χ1) is 13.8. The third-order valence-corrected chi connectivity index (χ3v) is 4.59. The first-order valence-corrected chi connectivity index (χ1v) is 8.99. The number of carboxylic acids is 1. The minimum Gasteiger partial charge on any atom is -0.494 e. The number of amides is 1. The number of hydrogen-bond donors (Lipinski definition) is 3. The van der Waals surface area contributed by atoms with Crippen LogP contribution >= 0.6 is 0 Å². The summed E-state index contributed by atoms with van der Waals surface area (Å²) in [5.41, 5.74) is -0.597. The average molecular weight is 403 g/mol. The van der Waals surface area contributed by atoms with Crippen LogP contribution in [0, 0.1) is 11.6 Å². The van der Waals surface area contributed by atoms with Gasteiger partial charge in [-0.2, -0.15) is 0 Å². The number of rotatable bonds is 6. The molecule has 0 heterocycles. The van der Waals surface area contributed by atoms with Gasteiger partial charge in [0, 0.05) is 5.57 Å². The maximum Gasteiger partial charge on any atom is 0.332 e. The molecule has 0 aromatic heterocycles. The second-order valence-electron chi connectivity index (χ2n) is 6.48. The van der Waals surface area contributed by atoms with Gasteiger partial charge in [0.1, 0.15) is 23.1 Å². The molecule has 3 rings (SSSR count). The van der Waals surface area contributed by atoms with Crippen LogP contribution in [0.15, 0.2) is 47.5 Å². The summed E-state index contributed by atoms with van der Waals surface area (Å²) in [6, 6.07) is 8.81. The van der Waals surface area contributed by atoms with Crippen molar-refractivity contribution >= 4 is 17.6 Å². The third-order valence-electron chi connectivity index (χ3n) is 4.59. The van der Waals surface area contributed by atoms with E-state index in [1.54, 1.807) is 24.3 Å². The molecule has 2 aromatic carbocycles. The summed E-state index contributed by atoms with van der Waals surface area (Å²) < 4.78 is 34.5. The van der Waals surface area contributed by atoms with Gasteiger partial charge in [-0.05, 0) is 55.2 Å². The van der Waals surface area contributed by atoms with E-state index in [2.05, 4.69) is 5.32 Å². The van der Waals surface area contributed by atoms with Gasteiger partial charge in [0.05, 0.1) is 18.3 Å². The Morgan fingerprint density at radius 3 is 2.48 bits per heavy atom. The molecule has 1 unspecified atom stereocenters. The molecule has 8 heteroatoms. The number of hydrogen-bond acceptors (Lipinski definition) is 4. The number of ether oxygens (including phenoxy) is 1. The third kappa shape index (κ3) is 4.27. The van der Waals surface area contributed by atoms with Crippen LogP contribution in [0.4, 0.5) is 14.5 Å². The van der Waals surface area contributed by atoms with Gasteiger partial charge in [0.25, 0.3) is 5.91 Å². The van der Waals surface area contributed by atoms with Crippen LogP contribution in [0.3, 0.4) is 0 Å². The Labute approximate surface area is 165 Å². The van der Waals surface area contributed by atoms with Gasteiger partial charge in [-0.25, -0.2) is 13.6 Å². The van der Waals surface area contributed by atoms with Gasteiger partial charge < -0.3 is 20.3 Å². The van der Waals surface area contributed by atoms with E-state index in [-0.39, 0.29) is 29.6 Å². The van der Waals surface area contributed by atoms with E-state index in [1.807, 2.05) is 6.92 Å². The van der Waals surface area contributed by atoms with E-state index >= 15 is 0 Å². The predicted molar refractivity (Wildman–Crippen MR) is 101 cm³/mol. The molecule has 152 valence electrons. The lowest BCUT2D eigenvalue weighted by molar-refractivity contribution is -0.133. The van der Waals surface area contributed by atoms with E-state index in [1.165, 1.54) is 0 Å². The molecule has 0 spiro atoms. The fraction of sp³-hybridized carbons (Fsp3) is 0.238. The van der Waals surface area contributed by atoms with Crippen molar-refractivity contribution in [3.63, 3.8) is 0 Å². The molecule has 0 aliphatic heterocycles. The summed E-state index contributed by atoms with van der Waals surface area (Å²) in [5.74, 6) is -3.90. The topological polar surface area (TPSA) is 95.9 Å². The van der Waals surface area contributed by atoms with Crippen LogP contribution in [0.1, 0.15) is 19.8 Å². The highest BCUT2D eigenvalue weighted by Crippen LogP contribution is 2.32. The Morgan fingerprint density at radius 1 is 1.17 bits per heavy atom. The number of benzene rings is 2. The van der Waals surface area contributed by atoms with Crippen molar-refractivity contribution in [2.75, 3.05) is 11.9 Å². The van der Waals surface area contributed by atoms with Gasteiger partial charge in [0.2, 0.25) is 0 Å². The number of aliphatic carboxylic acids is 1. The first-order valence-electron chi connectivity index (χ1n) is 8.99. The fourth-order valence-corrected chi connectivity index (χ4v) is 3.24. The van der Waals surface area contributed by atoms with Gasteiger partial charge in [-0.15, -0.1) is 0 Å². The minimum atomic E-state index is -1.35. The van der Waals surface area contributed by atoms with Gasteiger partial charge in [0.15, 0.2) is 0 Å². The fourth-order valence-electron chi connectivity index (χ4n) is 3.24. The molecule has 1 atom stereocenters. The number of aliphatic hydroxyl groups is 1. The molecule has 0 bridgehead atoms. The lowest BCUT2D eigenvalue weighted by Crippen LogP contribution is -2.24. The van der Waals surface area contributed by atoms with Crippen molar-refractivity contribution in [2.24, 2.45) is 0 Å². The van der Waals surface area contributed by atoms with E-state index in [0.29, 0.717) is 17.9 Å². The maximum atomic E-state index is 14.6. The smallest absolute Gasteiger partial charge is 0.332 e. The molecule has 1 aliphatic carbocycles. The van der Waals surface area contributed by atoms with Crippen molar-refractivity contribution in [2.45, 2.75) is 25.9 Å². The number of carbonyl (C=O) groups is 2. The van der Waals surface area contributed by atoms with Gasteiger partial charge >= 0.3 is 5.97 Å². The summed E-state index contributed by atoms with van der Waals surface area (Å²) >= 11 is 0. The molecule has 0 fully saturated rings. The normalized spacial score (nSPS) is 16.1. The van der Waals surface area contributed by atoms with Crippen molar-refractivity contribution in [3.05, 3.63) is 59.2 Å². The summed E-state index contributed by atoms with van der Waals surface area (Å²) in [6.45, 7) is 2.26. The van der Waals surface area contributed by atoms with Crippen LogP contribution < -0.4 is 10.1 Å². The second-order valence-corrected chi connectivity index (χ2v) is 6.48. The number of aliphatic hydroxyl groups excluding tert-OH is 1. The van der Waals surface area contributed by atoms with Crippen LogP contribution in [-0.2, 0) is 9.59 Å². The molecule has 0 saturated carbocycles. The van der Waals surface area contributed by atoms with Crippen LogP contribution in [-0.4, -0.2) is 34.8 Å². The SMILES string of the molecule is CCOc1cccc(-c2cc(F)c(NC(=O)C3=C(C(=O)O)CCC3O)c(F)c2)c1. The number of carboxylic acid groups (broad SMARTS) is 1. The standard InChI is InChI=1S/C21H19F2NO5/c1-2-29-13-5-3-4-11(8-13)12-9-15(22)19(16(23)10-12)24-20(26)18-14(21(27)28)6-7-17(18)25/h3-5,8-10,17,25H,2,6-7H2,1H3,(H,24,26)(H,27,28). The lowest BCUT2D eigenvalue weighted by Gasteiger charge is -2.13. The van der Waals surface area contributed by atoms with Crippen molar-refractivity contribution in [1.29, 1.82) is 0 Å². The zero-order valence-corrected chi connectivity index (χ0v) is 15.5. The highest BCUT2D eigenvalue weighted by Gasteiger charge is 2.33.